The quantitative estimate of drug-likeness (QED) is 0.774. The molecule has 0 unspecified atom stereocenters. The first kappa shape index (κ1) is 14.7. The number of carbonyl (C=O) groups excluding carboxylic acids is 1. The van der Waals surface area contributed by atoms with Gasteiger partial charge in [-0.15, -0.1) is 11.8 Å². The predicted octanol–water partition coefficient (Wildman–Crippen LogP) is 5.02. The van der Waals surface area contributed by atoms with Crippen molar-refractivity contribution in [2.75, 3.05) is 5.32 Å². The van der Waals surface area contributed by atoms with Gasteiger partial charge < -0.3 is 5.32 Å². The first-order chi connectivity index (χ1) is 10.3. The number of rotatable bonds is 5. The second kappa shape index (κ2) is 7.17. The fourth-order valence-electron chi connectivity index (χ4n) is 3.13. The summed E-state index contributed by atoms with van der Waals surface area (Å²) in [6.45, 7) is 0. The zero-order chi connectivity index (χ0) is 14.5. The highest BCUT2D eigenvalue weighted by Crippen LogP contribution is 2.35. The third kappa shape index (κ3) is 4.37. The molecule has 21 heavy (non-hydrogen) atoms. The minimum absolute atomic E-state index is 0.128. The summed E-state index contributed by atoms with van der Waals surface area (Å²) in [5.74, 6) is 0.560. The van der Waals surface area contributed by atoms with Gasteiger partial charge >= 0.3 is 0 Å². The minimum atomic E-state index is 0.128. The normalized spacial score (nSPS) is 21.8. The van der Waals surface area contributed by atoms with Crippen molar-refractivity contribution in [3.63, 3.8) is 0 Å². The van der Waals surface area contributed by atoms with Crippen LogP contribution in [0.1, 0.15) is 44.9 Å². The van der Waals surface area contributed by atoms with Crippen LogP contribution in [-0.4, -0.2) is 11.2 Å². The van der Waals surface area contributed by atoms with Gasteiger partial charge in [0.1, 0.15) is 0 Å². The summed E-state index contributed by atoms with van der Waals surface area (Å²) >= 11 is 1.98. The Morgan fingerprint density at radius 2 is 1.90 bits per heavy atom. The molecule has 0 radical (unpaired) electrons. The number of nitrogens with one attached hydrogen (secondary N) is 1. The van der Waals surface area contributed by atoms with Crippen LogP contribution in [0.2, 0.25) is 0 Å². The second-order valence-electron chi connectivity index (χ2n) is 6.07. The minimum Gasteiger partial charge on any atom is -0.326 e. The van der Waals surface area contributed by atoms with Crippen molar-refractivity contribution in [1.82, 2.24) is 0 Å². The Morgan fingerprint density at radius 3 is 2.57 bits per heavy atom. The van der Waals surface area contributed by atoms with Crippen LogP contribution < -0.4 is 5.32 Å². The topological polar surface area (TPSA) is 29.1 Å². The lowest BCUT2D eigenvalue weighted by molar-refractivity contribution is -0.116. The Hall–Kier alpha value is -1.22. The molecule has 3 rings (SSSR count). The molecule has 0 aliphatic heterocycles. The van der Waals surface area contributed by atoms with E-state index >= 15 is 0 Å². The lowest BCUT2D eigenvalue weighted by atomic mass is 10.1. The number of allylic oxidation sites excluding steroid dienone is 2. The van der Waals surface area contributed by atoms with Crippen LogP contribution >= 0.6 is 11.8 Å². The van der Waals surface area contributed by atoms with Gasteiger partial charge in [0.05, 0.1) is 0 Å². The molecule has 1 saturated carbocycles. The molecule has 1 fully saturated rings. The van der Waals surface area contributed by atoms with Crippen molar-refractivity contribution < 1.29 is 4.79 Å². The second-order valence-corrected chi connectivity index (χ2v) is 7.44. The van der Waals surface area contributed by atoms with Crippen LogP contribution in [0, 0.1) is 5.92 Å². The molecule has 0 bridgehead atoms. The average molecular weight is 301 g/mol. The number of amides is 1. The molecular formula is C18H23NOS. The summed E-state index contributed by atoms with van der Waals surface area (Å²) in [5.41, 5.74) is 0.915. The molecule has 0 spiro atoms. The summed E-state index contributed by atoms with van der Waals surface area (Å²) in [6, 6.07) is 8.32. The Morgan fingerprint density at radius 1 is 1.14 bits per heavy atom. The van der Waals surface area contributed by atoms with Crippen molar-refractivity contribution >= 4 is 23.4 Å². The zero-order valence-corrected chi connectivity index (χ0v) is 13.2. The van der Waals surface area contributed by atoms with Crippen LogP contribution in [0.3, 0.4) is 0 Å². The highest BCUT2D eigenvalue weighted by molar-refractivity contribution is 8.00. The zero-order valence-electron chi connectivity index (χ0n) is 12.4. The van der Waals surface area contributed by atoms with E-state index in [4.69, 9.17) is 0 Å². The summed E-state index contributed by atoms with van der Waals surface area (Å²) in [7, 11) is 0. The van der Waals surface area contributed by atoms with E-state index in [1.165, 1.54) is 30.6 Å². The Labute approximate surface area is 131 Å². The first-order valence-electron chi connectivity index (χ1n) is 8.03. The molecule has 1 aromatic rings. The molecule has 3 heteroatoms. The fraction of sp³-hybridized carbons (Fsp3) is 0.500. The van der Waals surface area contributed by atoms with E-state index in [0.717, 1.165) is 23.8 Å². The van der Waals surface area contributed by atoms with Gasteiger partial charge in [0.15, 0.2) is 0 Å². The maximum Gasteiger partial charge on any atom is 0.224 e. The molecule has 2 nitrogen and oxygen atoms in total. The Balaban J connectivity index is 1.49. The lowest BCUT2D eigenvalue weighted by Crippen LogP contribution is -2.14. The van der Waals surface area contributed by atoms with Crippen LogP contribution in [0.15, 0.2) is 41.3 Å². The van der Waals surface area contributed by atoms with E-state index < -0.39 is 0 Å². The molecule has 112 valence electrons. The third-order valence-electron chi connectivity index (χ3n) is 4.30. The number of benzene rings is 1. The Bertz CT molecular complexity index is 502. The van der Waals surface area contributed by atoms with Gasteiger partial charge in [-0.1, -0.05) is 25.0 Å². The predicted molar refractivity (Wildman–Crippen MR) is 89.7 cm³/mol. The van der Waals surface area contributed by atoms with Gasteiger partial charge in [-0.25, -0.2) is 0 Å². The van der Waals surface area contributed by atoms with E-state index in [9.17, 15) is 4.79 Å². The van der Waals surface area contributed by atoms with Crippen molar-refractivity contribution in [2.45, 2.75) is 55.1 Å². The Kier molecular flexibility index (Phi) is 5.02. The van der Waals surface area contributed by atoms with Gasteiger partial charge in [-0.2, -0.15) is 0 Å². The molecule has 0 saturated heterocycles. The van der Waals surface area contributed by atoms with E-state index in [-0.39, 0.29) is 5.91 Å². The number of hydrogen-bond donors (Lipinski definition) is 1. The van der Waals surface area contributed by atoms with Crippen molar-refractivity contribution in [3.05, 3.63) is 36.4 Å². The fourth-order valence-corrected chi connectivity index (χ4v) is 4.38. The average Bonchev–Trinajstić information content (AvgIpc) is 3.14. The SMILES string of the molecule is O=C(C[C@@H]1C=CCC1)Nc1ccc(SC2CCCC2)cc1. The molecule has 2 aliphatic rings. The molecule has 1 N–H and O–H groups in total. The lowest BCUT2D eigenvalue weighted by Gasteiger charge is -2.11. The van der Waals surface area contributed by atoms with Crippen LogP contribution in [-0.2, 0) is 4.79 Å². The molecule has 2 aliphatic carbocycles. The summed E-state index contributed by atoms with van der Waals surface area (Å²) < 4.78 is 0. The number of carbonyl (C=O) groups is 1. The van der Waals surface area contributed by atoms with Crippen molar-refractivity contribution in [1.29, 1.82) is 0 Å². The van der Waals surface area contributed by atoms with Crippen LogP contribution in [0.4, 0.5) is 5.69 Å². The van der Waals surface area contributed by atoms with Crippen molar-refractivity contribution in [3.8, 4) is 0 Å². The smallest absolute Gasteiger partial charge is 0.224 e. The van der Waals surface area contributed by atoms with Crippen molar-refractivity contribution in [2.24, 2.45) is 5.92 Å². The molecule has 1 aromatic carbocycles. The van der Waals surface area contributed by atoms with E-state index in [2.05, 4.69) is 29.6 Å². The third-order valence-corrected chi connectivity index (χ3v) is 5.65. The van der Waals surface area contributed by atoms with Gasteiger partial charge in [-0.05, 0) is 55.9 Å². The molecule has 0 aromatic heterocycles. The molecule has 0 heterocycles. The largest absolute Gasteiger partial charge is 0.326 e. The van der Waals surface area contributed by atoms with Crippen LogP contribution in [0.5, 0.6) is 0 Å². The van der Waals surface area contributed by atoms with Gasteiger partial charge in [0.25, 0.3) is 0 Å². The van der Waals surface area contributed by atoms with Crippen LogP contribution in [0.25, 0.3) is 0 Å². The van der Waals surface area contributed by atoms with Gasteiger partial charge in [0, 0.05) is 22.3 Å². The van der Waals surface area contributed by atoms with E-state index in [0.29, 0.717) is 12.3 Å². The monoisotopic (exact) mass is 301 g/mol. The number of thioether (sulfide) groups is 1. The summed E-state index contributed by atoms with van der Waals surface area (Å²) in [5, 5.41) is 3.80. The van der Waals surface area contributed by atoms with E-state index in [1.807, 2.05) is 23.9 Å². The maximum absolute atomic E-state index is 12.0. The highest BCUT2D eigenvalue weighted by atomic mass is 32.2. The summed E-state index contributed by atoms with van der Waals surface area (Å²) in [4.78, 5) is 13.3. The standard InChI is InChI=1S/C18H23NOS/c20-18(13-14-5-1-2-6-14)19-15-9-11-17(12-10-15)21-16-7-3-4-8-16/h1,5,9-12,14,16H,2-4,6-8,13H2,(H,19,20)/t14-/m1/s1. The van der Waals surface area contributed by atoms with Gasteiger partial charge in [-0.3, -0.25) is 4.79 Å². The number of anilines is 1. The summed E-state index contributed by atoms with van der Waals surface area (Å²) in [6.07, 6.45) is 12.6. The van der Waals surface area contributed by atoms with E-state index in [1.54, 1.807) is 0 Å². The molecule has 1 amide bonds. The molecule has 1 atom stereocenters. The number of hydrogen-bond acceptors (Lipinski definition) is 2. The first-order valence-corrected chi connectivity index (χ1v) is 8.91. The highest BCUT2D eigenvalue weighted by Gasteiger charge is 2.16. The maximum atomic E-state index is 12.0. The van der Waals surface area contributed by atoms with Gasteiger partial charge in [0.2, 0.25) is 5.91 Å². The molecular weight excluding hydrogens is 278 g/mol.